The number of rotatable bonds is 6. The fraction of sp³-hybridized carbons (Fsp3) is 0.500. The van der Waals surface area contributed by atoms with Crippen LogP contribution in [0, 0.1) is 12.8 Å². The molecule has 134 valence electrons. The van der Waals surface area contributed by atoms with Gasteiger partial charge in [-0.25, -0.2) is 0 Å². The number of allylic oxidation sites excluding steroid dienone is 5. The molecule has 0 aromatic carbocycles. The lowest BCUT2D eigenvalue weighted by Crippen LogP contribution is -2.34. The van der Waals surface area contributed by atoms with Crippen molar-refractivity contribution in [2.75, 3.05) is 31.1 Å². The Hall–Kier alpha value is -1.87. The second-order valence-electron chi connectivity index (χ2n) is 7.08. The van der Waals surface area contributed by atoms with Gasteiger partial charge in [-0.1, -0.05) is 31.2 Å². The first kappa shape index (κ1) is 17.9. The lowest BCUT2D eigenvalue weighted by atomic mass is 9.87. The Labute approximate surface area is 152 Å². The Morgan fingerprint density at radius 1 is 1.24 bits per heavy atom. The van der Waals surface area contributed by atoms with E-state index in [-0.39, 0.29) is 0 Å². The summed E-state index contributed by atoms with van der Waals surface area (Å²) >= 11 is 0. The molecule has 3 nitrogen and oxygen atoms in total. The highest BCUT2D eigenvalue weighted by Crippen LogP contribution is 2.30. The average Bonchev–Trinajstić information content (AvgIpc) is 2.89. The van der Waals surface area contributed by atoms with Gasteiger partial charge in [0.05, 0.1) is 11.9 Å². The van der Waals surface area contributed by atoms with Crippen LogP contribution in [0.2, 0.25) is 0 Å². The summed E-state index contributed by atoms with van der Waals surface area (Å²) < 4.78 is 0. The molecular formula is C22H31N3. The Morgan fingerprint density at radius 3 is 2.80 bits per heavy atom. The number of nitrogens with zero attached hydrogens (tertiary/aromatic N) is 2. The molecule has 0 spiro atoms. The molecule has 2 aliphatic rings. The zero-order chi connectivity index (χ0) is 17.5. The van der Waals surface area contributed by atoms with E-state index in [4.69, 9.17) is 0 Å². The second-order valence-corrected chi connectivity index (χ2v) is 7.08. The molecule has 0 radical (unpaired) electrons. The smallest absolute Gasteiger partial charge is 0.0552 e. The summed E-state index contributed by atoms with van der Waals surface area (Å²) in [6, 6.07) is 4.32. The van der Waals surface area contributed by atoms with Crippen molar-refractivity contribution in [1.29, 1.82) is 0 Å². The van der Waals surface area contributed by atoms with Gasteiger partial charge in [0.1, 0.15) is 0 Å². The third kappa shape index (κ3) is 5.05. The maximum atomic E-state index is 4.44. The molecule has 1 aromatic rings. The highest BCUT2D eigenvalue weighted by atomic mass is 15.1. The van der Waals surface area contributed by atoms with Crippen LogP contribution in [-0.4, -0.2) is 31.2 Å². The molecule has 2 heterocycles. The largest absolute Gasteiger partial charge is 0.370 e. The molecule has 3 heteroatoms. The summed E-state index contributed by atoms with van der Waals surface area (Å²) in [6.45, 7) is 8.58. The van der Waals surface area contributed by atoms with Gasteiger partial charge in [-0.2, -0.15) is 0 Å². The van der Waals surface area contributed by atoms with Gasteiger partial charge in [0, 0.05) is 18.8 Å². The van der Waals surface area contributed by atoms with Crippen molar-refractivity contribution in [3.8, 4) is 0 Å². The molecule has 1 N–H and O–H groups in total. The highest BCUT2D eigenvalue weighted by molar-refractivity contribution is 5.45. The van der Waals surface area contributed by atoms with Gasteiger partial charge in [0.2, 0.25) is 0 Å². The maximum absolute atomic E-state index is 4.44. The normalized spacial score (nSPS) is 18.7. The van der Waals surface area contributed by atoms with Crippen LogP contribution < -0.4 is 10.2 Å². The first-order valence-corrected chi connectivity index (χ1v) is 9.71. The van der Waals surface area contributed by atoms with Gasteiger partial charge in [0.25, 0.3) is 0 Å². The van der Waals surface area contributed by atoms with Crippen LogP contribution in [0.5, 0.6) is 0 Å². The molecule has 3 rings (SSSR count). The quantitative estimate of drug-likeness (QED) is 0.779. The number of nitrogens with one attached hydrogen (secondary N) is 1. The van der Waals surface area contributed by atoms with Crippen molar-refractivity contribution in [2.45, 2.75) is 39.5 Å². The predicted molar refractivity (Wildman–Crippen MR) is 107 cm³/mol. The van der Waals surface area contributed by atoms with E-state index in [1.54, 1.807) is 5.57 Å². The van der Waals surface area contributed by atoms with E-state index in [1.807, 2.05) is 13.1 Å². The summed E-state index contributed by atoms with van der Waals surface area (Å²) in [7, 11) is 0. The Balaban J connectivity index is 1.58. The minimum atomic E-state index is 0.698. The van der Waals surface area contributed by atoms with E-state index in [2.05, 4.69) is 58.6 Å². The van der Waals surface area contributed by atoms with Crippen molar-refractivity contribution in [3.63, 3.8) is 0 Å². The number of aromatic nitrogens is 1. The molecule has 1 aliphatic heterocycles. The summed E-state index contributed by atoms with van der Waals surface area (Å²) in [5, 5.41) is 3.43. The molecule has 0 atom stereocenters. The molecule has 1 fully saturated rings. The number of piperidine rings is 1. The minimum absolute atomic E-state index is 0.698. The summed E-state index contributed by atoms with van der Waals surface area (Å²) in [5.74, 6) is 0.698. The first-order valence-electron chi connectivity index (χ1n) is 9.71. The van der Waals surface area contributed by atoms with Crippen LogP contribution in [0.25, 0.3) is 0 Å². The van der Waals surface area contributed by atoms with Gasteiger partial charge in [-0.15, -0.1) is 0 Å². The van der Waals surface area contributed by atoms with Gasteiger partial charge in [-0.05, 0) is 74.9 Å². The minimum Gasteiger partial charge on any atom is -0.370 e. The van der Waals surface area contributed by atoms with Crippen LogP contribution in [0.1, 0.15) is 38.3 Å². The van der Waals surface area contributed by atoms with Crippen molar-refractivity contribution < 1.29 is 0 Å². The fourth-order valence-electron chi connectivity index (χ4n) is 3.71. The second kappa shape index (κ2) is 9.00. The predicted octanol–water partition coefficient (Wildman–Crippen LogP) is 4.42. The monoisotopic (exact) mass is 337 g/mol. The van der Waals surface area contributed by atoms with Gasteiger partial charge >= 0.3 is 0 Å². The number of aryl methyl sites for hydroxylation is 1. The molecule has 0 unspecified atom stereocenters. The van der Waals surface area contributed by atoms with E-state index in [0.29, 0.717) is 5.92 Å². The molecule has 0 saturated carbocycles. The molecule has 0 bridgehead atoms. The lowest BCUT2D eigenvalue weighted by molar-refractivity contribution is 0.464. The highest BCUT2D eigenvalue weighted by Gasteiger charge is 2.22. The van der Waals surface area contributed by atoms with Crippen molar-refractivity contribution in [2.24, 2.45) is 5.92 Å². The van der Waals surface area contributed by atoms with Gasteiger partial charge < -0.3 is 10.2 Å². The van der Waals surface area contributed by atoms with Crippen LogP contribution in [0.15, 0.2) is 53.8 Å². The van der Waals surface area contributed by atoms with Crippen LogP contribution in [0.3, 0.4) is 0 Å². The molecule has 1 aromatic heterocycles. The lowest BCUT2D eigenvalue weighted by Gasteiger charge is -2.34. The number of pyridine rings is 1. The molecule has 25 heavy (non-hydrogen) atoms. The van der Waals surface area contributed by atoms with Crippen molar-refractivity contribution in [3.05, 3.63) is 59.5 Å². The number of anilines is 1. The molecule has 0 amide bonds. The van der Waals surface area contributed by atoms with Crippen molar-refractivity contribution in [1.82, 2.24) is 10.3 Å². The van der Waals surface area contributed by atoms with Gasteiger partial charge in [-0.3, -0.25) is 4.98 Å². The SMILES string of the molecule is CCNCCC1=CC(C2CCN(c3ccc(C)nc3)CC2)=CCC=C1. The van der Waals surface area contributed by atoms with E-state index in [0.717, 1.165) is 44.7 Å². The first-order chi connectivity index (χ1) is 12.3. The van der Waals surface area contributed by atoms with Crippen molar-refractivity contribution >= 4 is 5.69 Å². The maximum Gasteiger partial charge on any atom is 0.0552 e. The Morgan fingerprint density at radius 2 is 2.08 bits per heavy atom. The van der Waals surface area contributed by atoms with E-state index in [1.165, 1.54) is 24.1 Å². The summed E-state index contributed by atoms with van der Waals surface area (Å²) in [4.78, 5) is 6.92. The zero-order valence-corrected chi connectivity index (χ0v) is 15.7. The van der Waals surface area contributed by atoms with Crippen LogP contribution >= 0.6 is 0 Å². The summed E-state index contributed by atoms with van der Waals surface area (Å²) in [6.07, 6.45) is 16.2. The standard InChI is InChI=1S/C22H31N3/c1-3-23-13-10-19-6-4-5-7-21(16-19)20-11-14-25(15-12-20)22-9-8-18(2)24-17-22/h4,6-9,16-17,20,23H,3,5,10-15H2,1-2H3. The molecule has 1 saturated heterocycles. The number of hydrogen-bond acceptors (Lipinski definition) is 3. The van der Waals surface area contributed by atoms with E-state index < -0.39 is 0 Å². The Kier molecular flexibility index (Phi) is 6.46. The van der Waals surface area contributed by atoms with E-state index in [9.17, 15) is 0 Å². The van der Waals surface area contributed by atoms with Gasteiger partial charge in [0.15, 0.2) is 0 Å². The molecular weight excluding hydrogens is 306 g/mol. The number of hydrogen-bond donors (Lipinski definition) is 1. The molecule has 1 aliphatic carbocycles. The fourth-order valence-corrected chi connectivity index (χ4v) is 3.71. The third-order valence-electron chi connectivity index (χ3n) is 5.24. The van der Waals surface area contributed by atoms with Crippen LogP contribution in [-0.2, 0) is 0 Å². The Bertz CT molecular complexity index is 632. The summed E-state index contributed by atoms with van der Waals surface area (Å²) in [5.41, 5.74) is 5.38. The average molecular weight is 338 g/mol. The zero-order valence-electron chi connectivity index (χ0n) is 15.7. The van der Waals surface area contributed by atoms with E-state index >= 15 is 0 Å². The third-order valence-corrected chi connectivity index (χ3v) is 5.24. The van der Waals surface area contributed by atoms with Crippen LogP contribution in [0.4, 0.5) is 5.69 Å². The topological polar surface area (TPSA) is 28.2 Å².